The summed E-state index contributed by atoms with van der Waals surface area (Å²) in [6, 6.07) is 47.2. The molecule has 0 aliphatic carbocycles. The van der Waals surface area contributed by atoms with Crippen LogP contribution >= 0.6 is 11.3 Å². The SMILES string of the molecule is c1ccc(-c2ncc(-n3c4ccccc4c4c5sc6ccc7ccccc7c6c5ccc43)c(-c3ccccc3)n2)cc1. The maximum absolute atomic E-state index is 5.18. The molecule has 0 saturated heterocycles. The summed E-state index contributed by atoms with van der Waals surface area (Å²) in [6.45, 7) is 0. The molecular formula is C38H23N3S. The maximum Gasteiger partial charge on any atom is 0.159 e. The first-order valence-corrected chi connectivity index (χ1v) is 14.9. The van der Waals surface area contributed by atoms with Gasteiger partial charge in [-0.2, -0.15) is 0 Å². The third kappa shape index (κ3) is 3.39. The second-order valence-corrected chi connectivity index (χ2v) is 11.7. The molecule has 0 spiro atoms. The fourth-order valence-corrected chi connectivity index (χ4v) is 7.66. The van der Waals surface area contributed by atoms with Crippen LogP contribution in [0.15, 0.2) is 140 Å². The lowest BCUT2D eigenvalue weighted by molar-refractivity contribution is 1.09. The van der Waals surface area contributed by atoms with E-state index in [2.05, 4.69) is 114 Å². The molecule has 0 fully saturated rings. The Morgan fingerprint density at radius 1 is 0.524 bits per heavy atom. The molecule has 0 amide bonds. The van der Waals surface area contributed by atoms with Crippen molar-refractivity contribution in [3.63, 3.8) is 0 Å². The number of benzene rings is 6. The Morgan fingerprint density at radius 3 is 2.07 bits per heavy atom. The summed E-state index contributed by atoms with van der Waals surface area (Å²) in [4.78, 5) is 10.1. The van der Waals surface area contributed by atoms with Gasteiger partial charge in [-0.25, -0.2) is 9.97 Å². The van der Waals surface area contributed by atoms with Crippen molar-refractivity contribution in [2.75, 3.05) is 0 Å². The Kier molecular flexibility index (Phi) is 5.07. The number of para-hydroxylation sites is 1. The van der Waals surface area contributed by atoms with E-state index in [9.17, 15) is 0 Å². The zero-order valence-corrected chi connectivity index (χ0v) is 23.3. The van der Waals surface area contributed by atoms with Crippen LogP contribution in [0.25, 0.3) is 81.1 Å². The molecular weight excluding hydrogens is 531 g/mol. The molecule has 0 saturated carbocycles. The number of rotatable bonds is 3. The average molecular weight is 554 g/mol. The summed E-state index contributed by atoms with van der Waals surface area (Å²) in [5.74, 6) is 0.720. The summed E-state index contributed by atoms with van der Waals surface area (Å²) in [5, 5.41) is 7.74. The lowest BCUT2D eigenvalue weighted by Gasteiger charge is -2.14. The van der Waals surface area contributed by atoms with Gasteiger partial charge in [0.1, 0.15) is 0 Å². The molecule has 0 N–H and O–H groups in total. The summed E-state index contributed by atoms with van der Waals surface area (Å²) >= 11 is 1.89. The van der Waals surface area contributed by atoms with Gasteiger partial charge in [-0.05, 0) is 29.0 Å². The fourth-order valence-electron chi connectivity index (χ4n) is 6.39. The monoisotopic (exact) mass is 553 g/mol. The summed E-state index contributed by atoms with van der Waals surface area (Å²) in [6.07, 6.45) is 1.99. The van der Waals surface area contributed by atoms with Crippen LogP contribution in [0.3, 0.4) is 0 Å². The zero-order chi connectivity index (χ0) is 27.6. The Bertz CT molecular complexity index is 2460. The smallest absolute Gasteiger partial charge is 0.159 e. The highest BCUT2D eigenvalue weighted by Crippen LogP contribution is 2.45. The molecule has 6 aromatic carbocycles. The third-order valence-electron chi connectivity index (χ3n) is 8.25. The first kappa shape index (κ1) is 23.4. The molecule has 0 bridgehead atoms. The minimum absolute atomic E-state index is 0.720. The van der Waals surface area contributed by atoms with Crippen LogP contribution < -0.4 is 0 Å². The van der Waals surface area contributed by atoms with Crippen molar-refractivity contribution >= 4 is 64.1 Å². The fraction of sp³-hybridized carbons (Fsp3) is 0. The van der Waals surface area contributed by atoms with Gasteiger partial charge in [0.05, 0.1) is 28.6 Å². The Hall–Kier alpha value is -5.32. The largest absolute Gasteiger partial charge is 0.306 e. The molecule has 3 heterocycles. The van der Waals surface area contributed by atoms with Gasteiger partial charge >= 0.3 is 0 Å². The quantitative estimate of drug-likeness (QED) is 0.218. The van der Waals surface area contributed by atoms with E-state index in [1.54, 1.807) is 0 Å². The molecule has 3 nitrogen and oxygen atoms in total. The Labute approximate surface area is 246 Å². The predicted molar refractivity (Wildman–Crippen MR) is 178 cm³/mol. The van der Waals surface area contributed by atoms with E-state index in [-0.39, 0.29) is 0 Å². The van der Waals surface area contributed by atoms with Crippen molar-refractivity contribution in [2.24, 2.45) is 0 Å². The summed E-state index contributed by atoms with van der Waals surface area (Å²) < 4.78 is 4.98. The first-order valence-electron chi connectivity index (χ1n) is 14.1. The molecule has 0 radical (unpaired) electrons. The van der Waals surface area contributed by atoms with Gasteiger partial charge in [0.25, 0.3) is 0 Å². The summed E-state index contributed by atoms with van der Waals surface area (Å²) in [5.41, 5.74) is 6.26. The second-order valence-electron chi connectivity index (χ2n) is 10.6. The lowest BCUT2D eigenvalue weighted by atomic mass is 10.0. The van der Waals surface area contributed by atoms with Gasteiger partial charge in [-0.1, -0.05) is 115 Å². The molecule has 9 aromatic rings. The van der Waals surface area contributed by atoms with Crippen molar-refractivity contribution < 1.29 is 0 Å². The van der Waals surface area contributed by atoms with Crippen molar-refractivity contribution in [2.45, 2.75) is 0 Å². The standard InChI is InChI=1S/C38H23N3S/c1-3-12-25(13-4-1)36-32(23-39-38(40-36)26-14-5-2-6-15-26)41-30-18-10-9-17-28(30)35-31(41)21-20-29-34-27-16-8-7-11-24(27)19-22-33(34)42-37(29)35/h1-23H. The second kappa shape index (κ2) is 9.10. The molecule has 3 aromatic heterocycles. The van der Waals surface area contributed by atoms with E-state index in [1.165, 1.54) is 41.7 Å². The number of nitrogens with zero attached hydrogens (tertiary/aromatic N) is 3. The number of hydrogen-bond acceptors (Lipinski definition) is 3. The molecule has 0 unspecified atom stereocenters. The minimum atomic E-state index is 0.720. The average Bonchev–Trinajstić information content (AvgIpc) is 3.61. The molecule has 196 valence electrons. The molecule has 9 rings (SSSR count). The van der Waals surface area contributed by atoms with Gasteiger partial charge < -0.3 is 4.57 Å². The van der Waals surface area contributed by atoms with Crippen LogP contribution in [0.4, 0.5) is 0 Å². The highest BCUT2D eigenvalue weighted by atomic mass is 32.1. The van der Waals surface area contributed by atoms with Gasteiger partial charge in [0, 0.05) is 42.1 Å². The Morgan fingerprint density at radius 2 is 1.24 bits per heavy atom. The van der Waals surface area contributed by atoms with Crippen molar-refractivity contribution in [3.05, 3.63) is 140 Å². The topological polar surface area (TPSA) is 30.7 Å². The minimum Gasteiger partial charge on any atom is -0.306 e. The van der Waals surface area contributed by atoms with Gasteiger partial charge in [0.2, 0.25) is 0 Å². The van der Waals surface area contributed by atoms with E-state index < -0.39 is 0 Å². The number of aromatic nitrogens is 3. The highest BCUT2D eigenvalue weighted by molar-refractivity contribution is 7.27. The number of fused-ring (bicyclic) bond motifs is 9. The Balaban J connectivity index is 1.40. The van der Waals surface area contributed by atoms with Crippen molar-refractivity contribution in [1.82, 2.24) is 14.5 Å². The van der Waals surface area contributed by atoms with E-state index in [1.807, 2.05) is 41.8 Å². The third-order valence-corrected chi connectivity index (χ3v) is 9.44. The number of hydrogen-bond donors (Lipinski definition) is 0. The van der Waals surface area contributed by atoms with Crippen LogP contribution in [-0.2, 0) is 0 Å². The molecule has 0 atom stereocenters. The first-order chi connectivity index (χ1) is 20.8. The molecule has 42 heavy (non-hydrogen) atoms. The molecule has 0 aliphatic heterocycles. The maximum atomic E-state index is 5.18. The van der Waals surface area contributed by atoms with Gasteiger partial charge in [0.15, 0.2) is 5.82 Å². The zero-order valence-electron chi connectivity index (χ0n) is 22.5. The molecule has 0 aliphatic rings. The van der Waals surface area contributed by atoms with E-state index in [4.69, 9.17) is 9.97 Å². The van der Waals surface area contributed by atoms with E-state index in [0.717, 1.165) is 39.4 Å². The van der Waals surface area contributed by atoms with Gasteiger partial charge in [-0.15, -0.1) is 11.3 Å². The van der Waals surface area contributed by atoms with Gasteiger partial charge in [-0.3, -0.25) is 0 Å². The van der Waals surface area contributed by atoms with E-state index in [0.29, 0.717) is 0 Å². The number of thiophene rings is 1. The van der Waals surface area contributed by atoms with Crippen LogP contribution in [-0.4, -0.2) is 14.5 Å². The van der Waals surface area contributed by atoms with Crippen LogP contribution in [0, 0.1) is 0 Å². The van der Waals surface area contributed by atoms with Crippen molar-refractivity contribution in [1.29, 1.82) is 0 Å². The van der Waals surface area contributed by atoms with Crippen LogP contribution in [0.5, 0.6) is 0 Å². The molecule has 4 heteroatoms. The summed E-state index contributed by atoms with van der Waals surface area (Å²) in [7, 11) is 0. The lowest BCUT2D eigenvalue weighted by Crippen LogP contribution is -2.02. The predicted octanol–water partition coefficient (Wildman–Crippen LogP) is 10.4. The van der Waals surface area contributed by atoms with Crippen LogP contribution in [0.1, 0.15) is 0 Å². The van der Waals surface area contributed by atoms with E-state index >= 15 is 0 Å². The normalized spacial score (nSPS) is 11.8. The highest BCUT2D eigenvalue weighted by Gasteiger charge is 2.21. The van der Waals surface area contributed by atoms with Crippen LogP contribution in [0.2, 0.25) is 0 Å². The van der Waals surface area contributed by atoms with Crippen molar-refractivity contribution in [3.8, 4) is 28.3 Å².